The van der Waals surface area contributed by atoms with E-state index in [9.17, 15) is 4.39 Å². The molecule has 0 amide bonds. The summed E-state index contributed by atoms with van der Waals surface area (Å²) in [6, 6.07) is 4.42. The van der Waals surface area contributed by atoms with Gasteiger partial charge < -0.3 is 0 Å². The topological polar surface area (TPSA) is 63.8 Å². The van der Waals surface area contributed by atoms with Crippen molar-refractivity contribution in [1.82, 2.24) is 15.4 Å². The smallest absolute Gasteiger partial charge is 0.137 e. The highest BCUT2D eigenvalue weighted by atomic mass is 79.9. The third-order valence-electron chi connectivity index (χ3n) is 2.32. The van der Waals surface area contributed by atoms with E-state index in [0.717, 1.165) is 0 Å². The second kappa shape index (κ2) is 5.31. The molecule has 0 saturated heterocycles. The molecule has 1 unspecified atom stereocenters. The Balaban J connectivity index is 2.39. The van der Waals surface area contributed by atoms with Crippen LogP contribution in [0.2, 0.25) is 0 Å². The highest BCUT2D eigenvalue weighted by molar-refractivity contribution is 9.10. The molecule has 0 spiro atoms. The zero-order valence-electron chi connectivity index (χ0n) is 8.77. The monoisotopic (exact) mass is 296 g/mol. The van der Waals surface area contributed by atoms with Gasteiger partial charge in [0.2, 0.25) is 0 Å². The van der Waals surface area contributed by atoms with Crippen LogP contribution in [0.3, 0.4) is 0 Å². The third kappa shape index (κ3) is 2.66. The molecule has 88 valence electrons. The molecule has 0 aliphatic rings. The molecule has 0 radical (unpaired) electrons. The van der Waals surface area contributed by atoms with Crippen LogP contribution in [0, 0.1) is 5.82 Å². The number of aromatic nitrogens is 2. The fraction of sp³-hybridized carbons (Fsp3) is 0.0909. The van der Waals surface area contributed by atoms with Gasteiger partial charge in [0.05, 0.1) is 22.4 Å². The standard InChI is InChI=1S/C11H10BrFN4/c12-8-2-1-7(5-9(8)13)11(17-14)10-6-15-3-4-16-10/h1-6,11,17H,14H2. The van der Waals surface area contributed by atoms with Gasteiger partial charge in [-0.3, -0.25) is 15.8 Å². The molecule has 6 heteroatoms. The number of nitrogens with two attached hydrogens (primary N) is 1. The van der Waals surface area contributed by atoms with Crippen molar-refractivity contribution in [3.8, 4) is 0 Å². The van der Waals surface area contributed by atoms with Crippen molar-refractivity contribution >= 4 is 15.9 Å². The molecule has 1 heterocycles. The van der Waals surface area contributed by atoms with Crippen molar-refractivity contribution in [3.63, 3.8) is 0 Å². The summed E-state index contributed by atoms with van der Waals surface area (Å²) in [5, 5.41) is 0. The van der Waals surface area contributed by atoms with E-state index in [4.69, 9.17) is 5.84 Å². The number of halogens is 2. The van der Waals surface area contributed by atoms with Gasteiger partial charge in [0.15, 0.2) is 0 Å². The van der Waals surface area contributed by atoms with Gasteiger partial charge in [-0.05, 0) is 33.6 Å². The first-order valence-electron chi connectivity index (χ1n) is 4.89. The second-order valence-corrected chi connectivity index (χ2v) is 4.26. The Kier molecular flexibility index (Phi) is 3.78. The van der Waals surface area contributed by atoms with Gasteiger partial charge >= 0.3 is 0 Å². The minimum Gasteiger partial charge on any atom is -0.271 e. The first-order valence-corrected chi connectivity index (χ1v) is 5.68. The average molecular weight is 297 g/mol. The fourth-order valence-corrected chi connectivity index (χ4v) is 1.75. The summed E-state index contributed by atoms with van der Waals surface area (Å²) in [6.07, 6.45) is 4.72. The molecule has 17 heavy (non-hydrogen) atoms. The molecular formula is C11H10BrFN4. The molecule has 4 nitrogen and oxygen atoms in total. The van der Waals surface area contributed by atoms with Crippen molar-refractivity contribution in [2.45, 2.75) is 6.04 Å². The van der Waals surface area contributed by atoms with Crippen LogP contribution in [0.5, 0.6) is 0 Å². The van der Waals surface area contributed by atoms with Gasteiger partial charge in [-0.2, -0.15) is 0 Å². The second-order valence-electron chi connectivity index (χ2n) is 3.40. The van der Waals surface area contributed by atoms with E-state index in [1.807, 2.05) is 0 Å². The van der Waals surface area contributed by atoms with Crippen LogP contribution in [-0.4, -0.2) is 9.97 Å². The van der Waals surface area contributed by atoms with Crippen molar-refractivity contribution in [1.29, 1.82) is 0 Å². The van der Waals surface area contributed by atoms with Crippen LogP contribution in [0.1, 0.15) is 17.3 Å². The number of rotatable bonds is 3. The Labute approximate surface area is 106 Å². The van der Waals surface area contributed by atoms with Crippen molar-refractivity contribution in [2.24, 2.45) is 5.84 Å². The lowest BCUT2D eigenvalue weighted by molar-refractivity contribution is 0.593. The molecule has 3 N–H and O–H groups in total. The number of nitrogens with one attached hydrogen (secondary N) is 1. The predicted octanol–water partition coefficient (Wildman–Crippen LogP) is 1.93. The quantitative estimate of drug-likeness (QED) is 0.671. The Hall–Kier alpha value is -1.37. The lowest BCUT2D eigenvalue weighted by Gasteiger charge is -2.15. The number of nitrogens with zero attached hydrogens (tertiary/aromatic N) is 2. The molecule has 0 fully saturated rings. The van der Waals surface area contributed by atoms with E-state index in [1.54, 1.807) is 30.7 Å². The minimum absolute atomic E-state index is 0.341. The molecule has 0 bridgehead atoms. The molecule has 0 saturated carbocycles. The average Bonchev–Trinajstić information content (AvgIpc) is 2.36. The van der Waals surface area contributed by atoms with E-state index < -0.39 is 0 Å². The molecule has 0 aliphatic carbocycles. The van der Waals surface area contributed by atoms with Crippen LogP contribution < -0.4 is 11.3 Å². The van der Waals surface area contributed by atoms with Gasteiger partial charge in [0.1, 0.15) is 5.82 Å². The SMILES string of the molecule is NNC(c1ccc(Br)c(F)c1)c1cnccn1. The predicted molar refractivity (Wildman–Crippen MR) is 65.3 cm³/mol. The zero-order valence-corrected chi connectivity index (χ0v) is 10.4. The van der Waals surface area contributed by atoms with Crippen molar-refractivity contribution < 1.29 is 4.39 Å². The number of hydrogen-bond acceptors (Lipinski definition) is 4. The summed E-state index contributed by atoms with van der Waals surface area (Å²) >= 11 is 3.10. The van der Waals surface area contributed by atoms with E-state index >= 15 is 0 Å². The molecular weight excluding hydrogens is 287 g/mol. The Morgan fingerprint density at radius 2 is 2.18 bits per heavy atom. The summed E-state index contributed by atoms with van der Waals surface area (Å²) < 4.78 is 13.9. The molecule has 2 aromatic rings. The Morgan fingerprint density at radius 3 is 2.76 bits per heavy atom. The van der Waals surface area contributed by atoms with Crippen LogP contribution in [0.15, 0.2) is 41.3 Å². The van der Waals surface area contributed by atoms with Gasteiger partial charge in [-0.15, -0.1) is 0 Å². The Bertz CT molecular complexity index is 506. The number of benzene rings is 1. The lowest BCUT2D eigenvalue weighted by atomic mass is 10.0. The fourth-order valence-electron chi connectivity index (χ4n) is 1.50. The molecule has 1 aromatic carbocycles. The normalized spacial score (nSPS) is 12.4. The van der Waals surface area contributed by atoms with Crippen molar-refractivity contribution in [2.75, 3.05) is 0 Å². The number of hydrogen-bond donors (Lipinski definition) is 2. The van der Waals surface area contributed by atoms with Gasteiger partial charge in [0.25, 0.3) is 0 Å². The first kappa shape index (κ1) is 12.1. The minimum atomic E-state index is -0.383. The van der Waals surface area contributed by atoms with Gasteiger partial charge in [-0.25, -0.2) is 9.82 Å². The van der Waals surface area contributed by atoms with Gasteiger partial charge in [-0.1, -0.05) is 6.07 Å². The molecule has 1 aromatic heterocycles. The summed E-state index contributed by atoms with van der Waals surface area (Å²) in [5.74, 6) is 5.13. The zero-order chi connectivity index (χ0) is 12.3. The van der Waals surface area contributed by atoms with Crippen LogP contribution in [0.25, 0.3) is 0 Å². The van der Waals surface area contributed by atoms with Crippen LogP contribution >= 0.6 is 15.9 Å². The van der Waals surface area contributed by atoms with E-state index in [1.165, 1.54) is 6.07 Å². The van der Waals surface area contributed by atoms with Crippen molar-refractivity contribution in [3.05, 3.63) is 58.3 Å². The van der Waals surface area contributed by atoms with E-state index in [-0.39, 0.29) is 11.9 Å². The summed E-state index contributed by atoms with van der Waals surface area (Å²) in [4.78, 5) is 8.10. The van der Waals surface area contributed by atoms with Crippen LogP contribution in [0.4, 0.5) is 4.39 Å². The maximum absolute atomic E-state index is 13.4. The summed E-state index contributed by atoms with van der Waals surface area (Å²) in [7, 11) is 0. The molecule has 0 aliphatic heterocycles. The largest absolute Gasteiger partial charge is 0.271 e. The van der Waals surface area contributed by atoms with Crippen LogP contribution in [-0.2, 0) is 0 Å². The van der Waals surface area contributed by atoms with E-state index in [2.05, 4.69) is 31.3 Å². The highest BCUT2D eigenvalue weighted by Gasteiger charge is 2.15. The number of hydrazine groups is 1. The molecule has 1 atom stereocenters. The third-order valence-corrected chi connectivity index (χ3v) is 2.97. The Morgan fingerprint density at radius 1 is 1.35 bits per heavy atom. The maximum Gasteiger partial charge on any atom is 0.137 e. The highest BCUT2D eigenvalue weighted by Crippen LogP contribution is 2.23. The van der Waals surface area contributed by atoms with E-state index in [0.29, 0.717) is 15.7 Å². The lowest BCUT2D eigenvalue weighted by Crippen LogP contribution is -2.29. The summed E-state index contributed by atoms with van der Waals surface area (Å²) in [5.41, 5.74) is 3.92. The van der Waals surface area contributed by atoms with Gasteiger partial charge in [0, 0.05) is 12.4 Å². The summed E-state index contributed by atoms with van der Waals surface area (Å²) in [6.45, 7) is 0. The molecule has 2 rings (SSSR count). The maximum atomic E-state index is 13.4. The first-order chi connectivity index (χ1) is 8.22.